The number of aryl methyl sites for hydroxylation is 1. The fourth-order valence-corrected chi connectivity index (χ4v) is 5.17. The van der Waals surface area contributed by atoms with Crippen molar-refractivity contribution in [3.05, 3.63) is 38.4 Å². The van der Waals surface area contributed by atoms with Crippen molar-refractivity contribution < 1.29 is 9.69 Å². The van der Waals surface area contributed by atoms with Crippen LogP contribution in [0.15, 0.2) is 17.5 Å². The first-order valence-corrected chi connectivity index (χ1v) is 10.1. The van der Waals surface area contributed by atoms with E-state index in [4.69, 9.17) is 0 Å². The van der Waals surface area contributed by atoms with E-state index in [0.29, 0.717) is 12.1 Å². The number of hydrogen-bond donors (Lipinski definition) is 2. The highest BCUT2D eigenvalue weighted by Crippen LogP contribution is 2.37. The molecule has 2 heterocycles. The molecule has 1 aliphatic carbocycles. The number of rotatable bonds is 6. The van der Waals surface area contributed by atoms with Crippen LogP contribution in [-0.2, 0) is 24.2 Å². The Labute approximate surface area is 150 Å². The van der Waals surface area contributed by atoms with Crippen molar-refractivity contribution in [2.75, 3.05) is 18.4 Å². The molecule has 24 heavy (non-hydrogen) atoms. The second-order valence-electron chi connectivity index (χ2n) is 6.11. The predicted molar refractivity (Wildman–Crippen MR) is 98.7 cm³/mol. The molecule has 1 amide bonds. The molecule has 6 heteroatoms. The molecule has 4 nitrogen and oxygen atoms in total. The van der Waals surface area contributed by atoms with Crippen molar-refractivity contribution in [2.24, 2.45) is 0 Å². The summed E-state index contributed by atoms with van der Waals surface area (Å²) in [6.07, 6.45) is 4.32. The molecular weight excluding hydrogens is 338 g/mol. The number of amides is 1. The fraction of sp³-hybridized carbons (Fsp3) is 0.444. The van der Waals surface area contributed by atoms with Gasteiger partial charge in [-0.25, -0.2) is 0 Å². The van der Waals surface area contributed by atoms with Gasteiger partial charge in [-0.05, 0) is 49.6 Å². The smallest absolute Gasteiger partial charge is 0.280 e. The molecule has 2 N–H and O–H groups in total. The van der Waals surface area contributed by atoms with Gasteiger partial charge in [0.15, 0.2) is 6.54 Å². The highest BCUT2D eigenvalue weighted by Gasteiger charge is 2.23. The Kier molecular flexibility index (Phi) is 5.67. The van der Waals surface area contributed by atoms with Crippen LogP contribution < -0.4 is 10.2 Å². The molecule has 126 valence electrons. The Balaban J connectivity index is 1.66. The number of fused-ring (bicyclic) bond motifs is 1. The van der Waals surface area contributed by atoms with E-state index in [1.165, 1.54) is 26.6 Å². The van der Waals surface area contributed by atoms with Gasteiger partial charge in [-0.1, -0.05) is 6.07 Å². The third-order valence-electron chi connectivity index (χ3n) is 4.45. The van der Waals surface area contributed by atoms with Crippen LogP contribution in [-0.4, -0.2) is 19.0 Å². The SMILES string of the molecule is CC[NH+](CC(=O)Nc1sc2c(c1C#N)CCCC2)Cc1cccs1. The lowest BCUT2D eigenvalue weighted by Crippen LogP contribution is -3.11. The quantitative estimate of drug-likeness (QED) is 0.832. The zero-order valence-electron chi connectivity index (χ0n) is 13.9. The van der Waals surface area contributed by atoms with Crippen molar-refractivity contribution in [2.45, 2.75) is 39.2 Å². The molecule has 1 unspecified atom stereocenters. The summed E-state index contributed by atoms with van der Waals surface area (Å²) in [7, 11) is 0. The third-order valence-corrected chi connectivity index (χ3v) is 6.53. The molecule has 0 bridgehead atoms. The van der Waals surface area contributed by atoms with Gasteiger partial charge in [-0.2, -0.15) is 5.26 Å². The number of nitrogens with zero attached hydrogens (tertiary/aromatic N) is 1. The number of hydrogen-bond acceptors (Lipinski definition) is 4. The van der Waals surface area contributed by atoms with Crippen LogP contribution in [0.4, 0.5) is 5.00 Å². The molecule has 2 aromatic rings. The molecule has 0 fully saturated rings. The van der Waals surface area contributed by atoms with Gasteiger partial charge in [-0.15, -0.1) is 22.7 Å². The molecule has 2 aromatic heterocycles. The second-order valence-corrected chi connectivity index (χ2v) is 8.25. The molecule has 3 rings (SSSR count). The van der Waals surface area contributed by atoms with Crippen LogP contribution >= 0.6 is 22.7 Å². The normalized spacial score (nSPS) is 14.7. The highest BCUT2D eigenvalue weighted by molar-refractivity contribution is 7.16. The van der Waals surface area contributed by atoms with Crippen LogP contribution in [0.1, 0.15) is 40.6 Å². The summed E-state index contributed by atoms with van der Waals surface area (Å²) in [5.74, 6) is -0.00139. The average molecular weight is 361 g/mol. The number of anilines is 1. The third kappa shape index (κ3) is 3.86. The first-order chi connectivity index (χ1) is 11.7. The highest BCUT2D eigenvalue weighted by atomic mass is 32.1. The van der Waals surface area contributed by atoms with E-state index >= 15 is 0 Å². The van der Waals surface area contributed by atoms with Gasteiger partial charge in [0.05, 0.1) is 17.0 Å². The molecule has 0 radical (unpaired) electrons. The maximum absolute atomic E-state index is 12.5. The zero-order chi connectivity index (χ0) is 16.9. The van der Waals surface area contributed by atoms with Crippen LogP contribution in [0.5, 0.6) is 0 Å². The average Bonchev–Trinajstić information content (AvgIpc) is 3.20. The van der Waals surface area contributed by atoms with Crippen molar-refractivity contribution in [3.63, 3.8) is 0 Å². The van der Waals surface area contributed by atoms with E-state index in [1.54, 1.807) is 22.7 Å². The topological polar surface area (TPSA) is 57.3 Å². The first kappa shape index (κ1) is 17.2. The second kappa shape index (κ2) is 7.93. The number of carbonyl (C=O) groups excluding carboxylic acids is 1. The summed E-state index contributed by atoms with van der Waals surface area (Å²) < 4.78 is 0. The van der Waals surface area contributed by atoms with Gasteiger partial charge in [0.1, 0.15) is 17.6 Å². The summed E-state index contributed by atoms with van der Waals surface area (Å²) in [5.41, 5.74) is 1.86. The van der Waals surface area contributed by atoms with Crippen molar-refractivity contribution in [1.82, 2.24) is 0 Å². The molecule has 0 spiro atoms. The van der Waals surface area contributed by atoms with Crippen LogP contribution in [0.2, 0.25) is 0 Å². The summed E-state index contributed by atoms with van der Waals surface area (Å²) in [6, 6.07) is 6.46. The number of quaternary nitrogens is 1. The Morgan fingerprint density at radius 3 is 2.96 bits per heavy atom. The van der Waals surface area contributed by atoms with E-state index < -0.39 is 0 Å². The number of carbonyl (C=O) groups is 1. The molecule has 1 atom stereocenters. The lowest BCUT2D eigenvalue weighted by molar-refractivity contribution is -0.903. The van der Waals surface area contributed by atoms with Crippen molar-refractivity contribution >= 4 is 33.6 Å². The van der Waals surface area contributed by atoms with E-state index in [-0.39, 0.29) is 5.91 Å². The molecule has 0 saturated carbocycles. The summed E-state index contributed by atoms with van der Waals surface area (Å²) in [4.78, 5) is 16.3. The number of nitrogens with one attached hydrogen (secondary N) is 2. The van der Waals surface area contributed by atoms with E-state index in [2.05, 4.69) is 29.8 Å². The van der Waals surface area contributed by atoms with Crippen LogP contribution in [0.25, 0.3) is 0 Å². The molecule has 0 saturated heterocycles. The van der Waals surface area contributed by atoms with Gasteiger partial charge >= 0.3 is 0 Å². The standard InChI is InChI=1S/C18H21N3OS2/c1-2-21(11-13-6-5-9-23-13)12-17(22)20-18-15(10-19)14-7-3-4-8-16(14)24-18/h5-6,9H,2-4,7-8,11-12H2,1H3,(H,20,22)/p+1. The lowest BCUT2D eigenvalue weighted by atomic mass is 9.96. The summed E-state index contributed by atoms with van der Waals surface area (Å²) in [5, 5.41) is 15.3. The number of likely N-dealkylation sites (N-methyl/N-ethyl adjacent to an activating group) is 1. The lowest BCUT2D eigenvalue weighted by Gasteiger charge is -2.16. The van der Waals surface area contributed by atoms with Crippen molar-refractivity contribution in [3.8, 4) is 6.07 Å². The molecule has 0 aliphatic heterocycles. The Hall–Kier alpha value is -1.68. The van der Waals surface area contributed by atoms with E-state index in [1.807, 2.05) is 6.07 Å². The van der Waals surface area contributed by atoms with E-state index in [9.17, 15) is 10.1 Å². The van der Waals surface area contributed by atoms with Gasteiger partial charge < -0.3 is 10.2 Å². The number of thiophene rings is 2. The van der Waals surface area contributed by atoms with Gasteiger partial charge in [0.2, 0.25) is 0 Å². The largest absolute Gasteiger partial charge is 0.323 e. The maximum atomic E-state index is 12.5. The van der Waals surface area contributed by atoms with E-state index in [0.717, 1.165) is 37.4 Å². The van der Waals surface area contributed by atoms with Gasteiger partial charge in [0, 0.05) is 4.88 Å². The molecule has 1 aliphatic rings. The van der Waals surface area contributed by atoms with Gasteiger partial charge in [0.25, 0.3) is 5.91 Å². The Morgan fingerprint density at radius 2 is 2.25 bits per heavy atom. The fourth-order valence-electron chi connectivity index (χ4n) is 3.14. The molecule has 0 aromatic carbocycles. The predicted octanol–water partition coefficient (Wildman–Crippen LogP) is 2.60. The van der Waals surface area contributed by atoms with Crippen LogP contribution in [0, 0.1) is 11.3 Å². The minimum absolute atomic E-state index is 0.00139. The van der Waals surface area contributed by atoms with Crippen LogP contribution in [0.3, 0.4) is 0 Å². The minimum atomic E-state index is -0.00139. The maximum Gasteiger partial charge on any atom is 0.280 e. The van der Waals surface area contributed by atoms with Gasteiger partial charge in [-0.3, -0.25) is 4.79 Å². The monoisotopic (exact) mass is 360 g/mol. The zero-order valence-corrected chi connectivity index (χ0v) is 15.5. The van der Waals surface area contributed by atoms with Crippen molar-refractivity contribution in [1.29, 1.82) is 5.26 Å². The molecular formula is C18H22N3OS2+. The summed E-state index contributed by atoms with van der Waals surface area (Å²) >= 11 is 3.32. The first-order valence-electron chi connectivity index (χ1n) is 8.41. The minimum Gasteiger partial charge on any atom is -0.323 e. The summed E-state index contributed by atoms with van der Waals surface area (Å²) in [6.45, 7) is 4.30. The number of nitriles is 1. The Bertz CT molecular complexity index is 743. The Morgan fingerprint density at radius 1 is 1.42 bits per heavy atom.